The molecule has 126 valence electrons. The first kappa shape index (κ1) is 18.2. The van der Waals surface area contributed by atoms with E-state index in [1.54, 1.807) is 13.3 Å². The van der Waals surface area contributed by atoms with E-state index in [0.29, 0.717) is 18.1 Å². The molecule has 7 heteroatoms. The van der Waals surface area contributed by atoms with Gasteiger partial charge in [-0.2, -0.15) is 5.10 Å². The lowest BCUT2D eigenvalue weighted by atomic mass is 10.2. The molecule has 0 spiro atoms. The molecule has 0 aromatic heterocycles. The highest BCUT2D eigenvalue weighted by Gasteiger charge is 2.09. The number of methoxy groups -OCH3 is 1. The highest BCUT2D eigenvalue weighted by atomic mass is 79.9. The molecule has 2 rings (SSSR count). The number of nitrogens with zero attached hydrogens (tertiary/aromatic N) is 1. The Morgan fingerprint density at radius 1 is 1.29 bits per heavy atom. The molecule has 0 heterocycles. The second-order valence-corrected chi connectivity index (χ2v) is 6.14. The first-order chi connectivity index (χ1) is 11.6. The Balaban J connectivity index is 2.05. The molecule has 0 saturated carbocycles. The molecular weight excluding hydrogens is 390 g/mol. The van der Waals surface area contributed by atoms with Crippen molar-refractivity contribution in [1.82, 2.24) is 5.43 Å². The third kappa shape index (κ3) is 5.50. The molecule has 0 atom stereocenters. The second kappa shape index (κ2) is 9.24. The van der Waals surface area contributed by atoms with Crippen LogP contribution in [-0.2, 0) is 6.42 Å². The molecule has 2 aromatic carbocycles. The van der Waals surface area contributed by atoms with Crippen LogP contribution < -0.4 is 20.6 Å². The summed E-state index contributed by atoms with van der Waals surface area (Å²) in [5, 5.41) is 4.05. The Bertz CT molecular complexity index is 723. The molecule has 5 nitrogen and oxygen atoms in total. The molecule has 0 saturated heterocycles. The normalized spacial score (nSPS) is 10.6. The number of ether oxygens (including phenoxy) is 2. The van der Waals surface area contributed by atoms with Gasteiger partial charge in [0.25, 0.3) is 0 Å². The monoisotopic (exact) mass is 407 g/mol. The molecule has 3 N–H and O–H groups in total. The average Bonchev–Trinajstić information content (AvgIpc) is 2.57. The Morgan fingerprint density at radius 2 is 2.04 bits per heavy atom. The largest absolute Gasteiger partial charge is 0.493 e. The van der Waals surface area contributed by atoms with Crippen molar-refractivity contribution in [3.8, 4) is 11.5 Å². The van der Waals surface area contributed by atoms with Gasteiger partial charge in [0, 0.05) is 16.5 Å². The maximum atomic E-state index is 5.85. The fraction of sp³-hybridized carbons (Fsp3) is 0.176. The van der Waals surface area contributed by atoms with Crippen molar-refractivity contribution in [1.29, 1.82) is 0 Å². The van der Waals surface area contributed by atoms with Crippen LogP contribution in [-0.4, -0.2) is 25.0 Å². The van der Waals surface area contributed by atoms with Crippen molar-refractivity contribution < 1.29 is 9.47 Å². The van der Waals surface area contributed by atoms with Gasteiger partial charge in [0.15, 0.2) is 16.6 Å². The predicted octanol–water partition coefficient (Wildman–Crippen LogP) is 3.25. The molecule has 24 heavy (non-hydrogen) atoms. The molecular formula is C17H18BrN3O2S. The molecule has 0 aliphatic rings. The Labute approximate surface area is 155 Å². The number of hydrogen-bond acceptors (Lipinski definition) is 4. The standard InChI is InChI=1S/C17H18BrN3O2S/c1-22-15-9-13(11-20-21-17(19)24)14(18)10-16(15)23-8-7-12-5-3-2-4-6-12/h2-6,9-11H,7-8H2,1H3,(H3,19,21,24)/b20-11-. The van der Waals surface area contributed by atoms with Gasteiger partial charge in [0.2, 0.25) is 0 Å². The van der Waals surface area contributed by atoms with E-state index in [-0.39, 0.29) is 5.11 Å². The lowest BCUT2D eigenvalue weighted by Gasteiger charge is -2.12. The number of rotatable bonds is 7. The minimum absolute atomic E-state index is 0.107. The van der Waals surface area contributed by atoms with Crippen LogP contribution in [0.25, 0.3) is 0 Å². The van der Waals surface area contributed by atoms with Gasteiger partial charge in [0.05, 0.1) is 19.9 Å². The van der Waals surface area contributed by atoms with Crippen LogP contribution in [0.15, 0.2) is 52.0 Å². The number of thiocarbonyl (C=S) groups is 1. The zero-order chi connectivity index (χ0) is 17.4. The molecule has 0 radical (unpaired) electrons. The van der Waals surface area contributed by atoms with E-state index in [0.717, 1.165) is 16.5 Å². The number of halogens is 1. The maximum absolute atomic E-state index is 5.85. The van der Waals surface area contributed by atoms with Crippen molar-refractivity contribution in [3.05, 3.63) is 58.1 Å². The van der Waals surface area contributed by atoms with E-state index in [4.69, 9.17) is 27.4 Å². The van der Waals surface area contributed by atoms with Gasteiger partial charge >= 0.3 is 0 Å². The summed E-state index contributed by atoms with van der Waals surface area (Å²) < 4.78 is 12.1. The van der Waals surface area contributed by atoms with Crippen LogP contribution in [0.3, 0.4) is 0 Å². The van der Waals surface area contributed by atoms with E-state index >= 15 is 0 Å². The molecule has 0 aliphatic heterocycles. The Hall–Kier alpha value is -2.12. The smallest absolute Gasteiger partial charge is 0.184 e. The Morgan fingerprint density at radius 3 is 2.71 bits per heavy atom. The average molecular weight is 408 g/mol. The fourth-order valence-electron chi connectivity index (χ4n) is 2.01. The molecule has 0 fully saturated rings. The van der Waals surface area contributed by atoms with Crippen LogP contribution in [0.2, 0.25) is 0 Å². The first-order valence-electron chi connectivity index (χ1n) is 7.23. The van der Waals surface area contributed by atoms with Gasteiger partial charge in [-0.1, -0.05) is 30.3 Å². The van der Waals surface area contributed by atoms with Crippen LogP contribution in [0.4, 0.5) is 0 Å². The number of hydrazone groups is 1. The molecule has 0 bridgehead atoms. The van der Waals surface area contributed by atoms with Gasteiger partial charge in [-0.05, 0) is 45.8 Å². The third-order valence-corrected chi connectivity index (χ3v) is 3.93. The topological polar surface area (TPSA) is 68.9 Å². The SMILES string of the molecule is COc1cc(/C=N\NC(N)=S)c(Br)cc1OCCc1ccccc1. The number of nitrogens with two attached hydrogens (primary N) is 1. The van der Waals surface area contributed by atoms with Crippen LogP contribution >= 0.6 is 28.1 Å². The van der Waals surface area contributed by atoms with Gasteiger partial charge in [-0.25, -0.2) is 0 Å². The van der Waals surface area contributed by atoms with Gasteiger partial charge in [0.1, 0.15) is 0 Å². The summed E-state index contributed by atoms with van der Waals surface area (Å²) in [6.07, 6.45) is 2.42. The molecule has 2 aromatic rings. The quantitative estimate of drug-likeness (QED) is 0.418. The third-order valence-electron chi connectivity index (χ3n) is 3.15. The van der Waals surface area contributed by atoms with E-state index in [1.165, 1.54) is 5.56 Å². The summed E-state index contributed by atoms with van der Waals surface area (Å²) in [5.41, 5.74) is 9.88. The highest BCUT2D eigenvalue weighted by Crippen LogP contribution is 2.33. The summed E-state index contributed by atoms with van der Waals surface area (Å²) in [7, 11) is 1.60. The van der Waals surface area contributed by atoms with Gasteiger partial charge < -0.3 is 15.2 Å². The minimum Gasteiger partial charge on any atom is -0.493 e. The summed E-state index contributed by atoms with van der Waals surface area (Å²) in [6.45, 7) is 0.559. The van der Waals surface area contributed by atoms with Crippen molar-refractivity contribution >= 4 is 39.5 Å². The Kier molecular flexibility index (Phi) is 7.02. The van der Waals surface area contributed by atoms with Crippen LogP contribution in [0.5, 0.6) is 11.5 Å². The van der Waals surface area contributed by atoms with Gasteiger partial charge in [-0.15, -0.1) is 0 Å². The van der Waals surface area contributed by atoms with Crippen molar-refractivity contribution in [2.75, 3.05) is 13.7 Å². The van der Waals surface area contributed by atoms with Crippen LogP contribution in [0.1, 0.15) is 11.1 Å². The van der Waals surface area contributed by atoms with E-state index in [2.05, 4.69) is 38.6 Å². The number of nitrogens with one attached hydrogen (secondary N) is 1. The van der Waals surface area contributed by atoms with E-state index < -0.39 is 0 Å². The van der Waals surface area contributed by atoms with Crippen molar-refractivity contribution in [3.63, 3.8) is 0 Å². The number of hydrogen-bond donors (Lipinski definition) is 2. The van der Waals surface area contributed by atoms with E-state index in [1.807, 2.05) is 30.3 Å². The summed E-state index contributed by atoms with van der Waals surface area (Å²) in [5.74, 6) is 1.29. The number of benzene rings is 2. The van der Waals surface area contributed by atoms with E-state index in [9.17, 15) is 0 Å². The zero-order valence-electron chi connectivity index (χ0n) is 13.2. The van der Waals surface area contributed by atoms with Gasteiger partial charge in [-0.3, -0.25) is 5.43 Å². The summed E-state index contributed by atoms with van der Waals surface area (Å²) in [6, 6.07) is 13.9. The predicted molar refractivity (Wildman–Crippen MR) is 104 cm³/mol. The summed E-state index contributed by atoms with van der Waals surface area (Å²) >= 11 is 8.19. The molecule has 0 unspecified atom stereocenters. The first-order valence-corrected chi connectivity index (χ1v) is 8.43. The lowest BCUT2D eigenvalue weighted by Crippen LogP contribution is -2.24. The summed E-state index contributed by atoms with van der Waals surface area (Å²) in [4.78, 5) is 0. The second-order valence-electron chi connectivity index (χ2n) is 4.84. The zero-order valence-corrected chi connectivity index (χ0v) is 15.6. The van der Waals surface area contributed by atoms with Crippen molar-refractivity contribution in [2.24, 2.45) is 10.8 Å². The lowest BCUT2D eigenvalue weighted by molar-refractivity contribution is 0.297. The fourth-order valence-corrected chi connectivity index (χ4v) is 2.49. The molecule has 0 amide bonds. The highest BCUT2D eigenvalue weighted by molar-refractivity contribution is 9.10. The van der Waals surface area contributed by atoms with Crippen molar-refractivity contribution in [2.45, 2.75) is 6.42 Å². The maximum Gasteiger partial charge on any atom is 0.184 e. The minimum atomic E-state index is 0.107. The molecule has 0 aliphatic carbocycles. The van der Waals surface area contributed by atoms with Crippen LogP contribution in [0, 0.1) is 0 Å².